The lowest BCUT2D eigenvalue weighted by molar-refractivity contribution is 0.463. The number of nitrogens with zero attached hydrogens (tertiary/aromatic N) is 3. The zero-order valence-electron chi connectivity index (χ0n) is 19.4. The second-order valence-corrected chi connectivity index (χ2v) is 9.47. The molecule has 1 saturated carbocycles. The summed E-state index contributed by atoms with van der Waals surface area (Å²) < 4.78 is 15.6. The molecule has 35 heavy (non-hydrogen) atoms. The SMILES string of the molecule is Cc1cc(O)ccc1-c1cc2c(NC3CCCCC3)c(C(N)=Nc3cc(F)ccc3Cl)cnn2c1. The number of rotatable bonds is 5. The van der Waals surface area contributed by atoms with Crippen LogP contribution in [0.15, 0.2) is 59.9 Å². The van der Waals surface area contributed by atoms with Crippen LogP contribution in [0.25, 0.3) is 16.6 Å². The van der Waals surface area contributed by atoms with Gasteiger partial charge in [-0.1, -0.05) is 36.9 Å². The van der Waals surface area contributed by atoms with Gasteiger partial charge in [-0.3, -0.25) is 0 Å². The molecule has 4 N–H and O–H groups in total. The Morgan fingerprint density at radius 2 is 1.97 bits per heavy atom. The molecule has 0 unspecified atom stereocenters. The summed E-state index contributed by atoms with van der Waals surface area (Å²) in [6, 6.07) is 11.7. The van der Waals surface area contributed by atoms with E-state index in [9.17, 15) is 9.50 Å². The van der Waals surface area contributed by atoms with Crippen LogP contribution < -0.4 is 11.1 Å². The van der Waals surface area contributed by atoms with E-state index in [4.69, 9.17) is 17.3 Å². The number of aliphatic imine (C=N–C) groups is 1. The molecule has 0 saturated heterocycles. The second-order valence-electron chi connectivity index (χ2n) is 9.06. The molecule has 0 radical (unpaired) electrons. The molecule has 0 amide bonds. The number of anilines is 1. The van der Waals surface area contributed by atoms with Crippen molar-refractivity contribution in [3.63, 3.8) is 0 Å². The van der Waals surface area contributed by atoms with Gasteiger partial charge in [0.1, 0.15) is 17.4 Å². The van der Waals surface area contributed by atoms with E-state index in [0.29, 0.717) is 16.6 Å². The molecule has 0 bridgehead atoms. The summed E-state index contributed by atoms with van der Waals surface area (Å²) in [5.74, 6) is 0.0000263. The van der Waals surface area contributed by atoms with E-state index in [1.807, 2.05) is 23.7 Å². The Labute approximate surface area is 208 Å². The van der Waals surface area contributed by atoms with Gasteiger partial charge in [-0.15, -0.1) is 0 Å². The van der Waals surface area contributed by atoms with E-state index >= 15 is 0 Å². The van der Waals surface area contributed by atoms with Crippen LogP contribution in [0.2, 0.25) is 5.02 Å². The van der Waals surface area contributed by atoms with E-state index < -0.39 is 5.82 Å². The van der Waals surface area contributed by atoms with Gasteiger partial charge >= 0.3 is 0 Å². The average Bonchev–Trinajstić information content (AvgIpc) is 3.27. The molecule has 0 aliphatic heterocycles. The smallest absolute Gasteiger partial charge is 0.135 e. The number of nitrogens with two attached hydrogens (primary N) is 1. The quantitative estimate of drug-likeness (QED) is 0.217. The largest absolute Gasteiger partial charge is 0.508 e. The molecule has 180 valence electrons. The van der Waals surface area contributed by atoms with Crippen LogP contribution in [0, 0.1) is 12.7 Å². The summed E-state index contributed by atoms with van der Waals surface area (Å²) in [7, 11) is 0. The minimum Gasteiger partial charge on any atom is -0.508 e. The molecular formula is C27H27ClFN5O. The Morgan fingerprint density at radius 3 is 2.74 bits per heavy atom. The molecule has 2 aromatic heterocycles. The Hall–Kier alpha value is -3.58. The fourth-order valence-electron chi connectivity index (χ4n) is 4.73. The van der Waals surface area contributed by atoms with Crippen LogP contribution in [0.1, 0.15) is 43.2 Å². The summed E-state index contributed by atoms with van der Waals surface area (Å²) in [4.78, 5) is 4.44. The number of aromatic hydroxyl groups is 1. The second kappa shape index (κ2) is 9.58. The van der Waals surface area contributed by atoms with Crippen molar-refractivity contribution < 1.29 is 9.50 Å². The Kier molecular flexibility index (Phi) is 6.34. The number of benzene rings is 2. The lowest BCUT2D eigenvalue weighted by atomic mass is 9.95. The summed E-state index contributed by atoms with van der Waals surface area (Å²) >= 11 is 6.23. The Bertz CT molecular complexity index is 1420. The third-order valence-corrected chi connectivity index (χ3v) is 6.86. The Balaban J connectivity index is 1.64. The molecule has 0 atom stereocenters. The highest BCUT2D eigenvalue weighted by Gasteiger charge is 2.20. The van der Waals surface area contributed by atoms with Gasteiger partial charge < -0.3 is 16.2 Å². The molecule has 6 nitrogen and oxygen atoms in total. The standard InChI is InChI=1S/C27H27ClFN5O/c1-16-11-20(35)8-9-21(16)17-12-25-26(32-19-5-3-2-4-6-19)22(14-31-34(25)15-17)27(30)33-24-13-18(29)7-10-23(24)28/h7-15,19,32,35H,2-6H2,1H3,(H2,30,33). The number of hydrogen-bond acceptors (Lipinski definition) is 4. The maximum Gasteiger partial charge on any atom is 0.135 e. The fourth-order valence-corrected chi connectivity index (χ4v) is 4.89. The normalized spacial score (nSPS) is 15.0. The van der Waals surface area contributed by atoms with Crippen molar-refractivity contribution in [3.8, 4) is 16.9 Å². The number of nitrogens with one attached hydrogen (secondary N) is 1. The van der Waals surface area contributed by atoms with Crippen molar-refractivity contribution in [2.24, 2.45) is 10.7 Å². The fraction of sp³-hybridized carbons (Fsp3) is 0.259. The average molecular weight is 492 g/mol. The lowest BCUT2D eigenvalue weighted by Gasteiger charge is -2.25. The highest BCUT2D eigenvalue weighted by atomic mass is 35.5. The maximum atomic E-state index is 13.8. The van der Waals surface area contributed by atoms with Gasteiger partial charge in [0.25, 0.3) is 0 Å². The van der Waals surface area contributed by atoms with E-state index in [1.54, 1.807) is 18.3 Å². The first-order valence-electron chi connectivity index (χ1n) is 11.8. The highest BCUT2D eigenvalue weighted by molar-refractivity contribution is 6.33. The van der Waals surface area contributed by atoms with Crippen LogP contribution in [-0.2, 0) is 0 Å². The molecular weight excluding hydrogens is 465 g/mol. The third-order valence-electron chi connectivity index (χ3n) is 6.54. The molecule has 0 spiro atoms. The zero-order valence-corrected chi connectivity index (χ0v) is 20.2. The minimum atomic E-state index is -0.435. The first kappa shape index (κ1) is 23.2. The van der Waals surface area contributed by atoms with Crippen LogP contribution >= 0.6 is 11.6 Å². The number of amidine groups is 1. The molecule has 2 aromatic carbocycles. The number of fused-ring (bicyclic) bond motifs is 1. The van der Waals surface area contributed by atoms with Gasteiger partial charge in [0, 0.05) is 23.9 Å². The molecule has 1 aliphatic carbocycles. The van der Waals surface area contributed by atoms with Crippen molar-refractivity contribution in [1.82, 2.24) is 9.61 Å². The number of hydrogen-bond donors (Lipinski definition) is 3. The van der Waals surface area contributed by atoms with E-state index in [1.165, 1.54) is 37.5 Å². The number of phenolic OH excluding ortho intramolecular Hbond substituents is 1. The summed E-state index contributed by atoms with van der Waals surface area (Å²) in [6.07, 6.45) is 9.38. The topological polar surface area (TPSA) is 87.9 Å². The highest BCUT2D eigenvalue weighted by Crippen LogP contribution is 2.34. The van der Waals surface area contributed by atoms with Gasteiger partial charge in [0.05, 0.1) is 33.7 Å². The molecule has 8 heteroatoms. The summed E-state index contributed by atoms with van der Waals surface area (Å²) in [5, 5.41) is 18.4. The van der Waals surface area contributed by atoms with Crippen molar-refractivity contribution >= 4 is 34.3 Å². The van der Waals surface area contributed by atoms with Gasteiger partial charge in [0.2, 0.25) is 0 Å². The molecule has 1 fully saturated rings. The predicted molar refractivity (Wildman–Crippen MR) is 139 cm³/mol. The monoisotopic (exact) mass is 491 g/mol. The predicted octanol–water partition coefficient (Wildman–Crippen LogP) is 6.59. The van der Waals surface area contributed by atoms with Gasteiger partial charge in [-0.2, -0.15) is 5.10 Å². The Morgan fingerprint density at radius 1 is 1.17 bits per heavy atom. The van der Waals surface area contributed by atoms with Crippen LogP contribution in [0.5, 0.6) is 5.75 Å². The third kappa shape index (κ3) is 4.82. The van der Waals surface area contributed by atoms with Gasteiger partial charge in [-0.25, -0.2) is 13.9 Å². The maximum absolute atomic E-state index is 13.8. The molecule has 4 aromatic rings. The first-order chi connectivity index (χ1) is 16.9. The van der Waals surface area contributed by atoms with Crippen molar-refractivity contribution in [2.45, 2.75) is 45.1 Å². The zero-order chi connectivity index (χ0) is 24.5. The summed E-state index contributed by atoms with van der Waals surface area (Å²) in [6.45, 7) is 1.96. The number of phenols is 1. The minimum absolute atomic E-state index is 0.203. The van der Waals surface area contributed by atoms with Gasteiger partial charge in [-0.05, 0) is 61.2 Å². The van der Waals surface area contributed by atoms with Crippen LogP contribution in [0.3, 0.4) is 0 Å². The number of halogens is 2. The number of aromatic nitrogens is 2. The van der Waals surface area contributed by atoms with Crippen molar-refractivity contribution in [1.29, 1.82) is 0 Å². The molecule has 2 heterocycles. The molecule has 5 rings (SSSR count). The van der Waals surface area contributed by atoms with E-state index in [0.717, 1.165) is 40.7 Å². The van der Waals surface area contributed by atoms with Crippen molar-refractivity contribution in [3.05, 3.63) is 76.8 Å². The van der Waals surface area contributed by atoms with Gasteiger partial charge in [0.15, 0.2) is 0 Å². The lowest BCUT2D eigenvalue weighted by Crippen LogP contribution is -2.25. The van der Waals surface area contributed by atoms with Crippen molar-refractivity contribution in [2.75, 3.05) is 5.32 Å². The summed E-state index contributed by atoms with van der Waals surface area (Å²) in [5.41, 5.74) is 12.0. The van der Waals surface area contributed by atoms with E-state index in [-0.39, 0.29) is 17.3 Å². The van der Waals surface area contributed by atoms with E-state index in [2.05, 4.69) is 21.5 Å². The number of aryl methyl sites for hydroxylation is 1. The van der Waals surface area contributed by atoms with Crippen LogP contribution in [0.4, 0.5) is 15.8 Å². The first-order valence-corrected chi connectivity index (χ1v) is 12.1. The molecule has 1 aliphatic rings. The van der Waals surface area contributed by atoms with Crippen LogP contribution in [-0.4, -0.2) is 26.6 Å².